The van der Waals surface area contributed by atoms with Crippen LogP contribution in [0.3, 0.4) is 0 Å². The van der Waals surface area contributed by atoms with E-state index in [-0.39, 0.29) is 22.1 Å². The van der Waals surface area contributed by atoms with Crippen molar-refractivity contribution < 1.29 is 18.4 Å². The molecule has 8 heteroatoms. The lowest BCUT2D eigenvalue weighted by Gasteiger charge is -2.13. The van der Waals surface area contributed by atoms with Gasteiger partial charge in [0.2, 0.25) is 0 Å². The monoisotopic (exact) mass is 534 g/mol. The van der Waals surface area contributed by atoms with Crippen LogP contribution >= 0.6 is 23.4 Å². The number of carbonyl (C=O) groups is 2. The van der Waals surface area contributed by atoms with E-state index in [0.29, 0.717) is 22.6 Å². The van der Waals surface area contributed by atoms with Crippen LogP contribution in [0.4, 0.5) is 14.5 Å². The molecule has 0 bridgehead atoms. The largest absolute Gasteiger partial charge is 0.321 e. The van der Waals surface area contributed by atoms with Crippen LogP contribution in [-0.4, -0.2) is 11.8 Å². The first-order valence-electron chi connectivity index (χ1n) is 11.2. The lowest BCUT2D eigenvalue weighted by Crippen LogP contribution is -2.30. The summed E-state index contributed by atoms with van der Waals surface area (Å²) >= 11 is 7.56. The molecule has 0 aliphatic rings. The molecule has 0 aromatic heterocycles. The van der Waals surface area contributed by atoms with E-state index in [1.807, 2.05) is 6.07 Å². The summed E-state index contributed by atoms with van der Waals surface area (Å²) in [5.41, 5.74) is 1.12. The summed E-state index contributed by atoms with van der Waals surface area (Å²) in [6.45, 7) is 0. The van der Waals surface area contributed by atoms with Gasteiger partial charge in [0.15, 0.2) is 0 Å². The number of anilines is 1. The third-order valence-corrected chi connectivity index (χ3v) is 6.63. The molecule has 37 heavy (non-hydrogen) atoms. The van der Waals surface area contributed by atoms with Crippen LogP contribution in [0.5, 0.6) is 0 Å². The summed E-state index contributed by atoms with van der Waals surface area (Å²) in [7, 11) is 0. The van der Waals surface area contributed by atoms with Gasteiger partial charge in [-0.3, -0.25) is 9.59 Å². The molecule has 4 rings (SSSR count). The Morgan fingerprint density at radius 1 is 0.838 bits per heavy atom. The first kappa shape index (κ1) is 26.1. The zero-order valence-electron chi connectivity index (χ0n) is 19.4. The molecular formula is C29H21ClF2N2O2S. The maximum atomic E-state index is 14.5. The van der Waals surface area contributed by atoms with E-state index >= 15 is 0 Å². The predicted molar refractivity (Wildman–Crippen MR) is 144 cm³/mol. The molecule has 4 nitrogen and oxygen atoms in total. The number of amides is 2. The van der Waals surface area contributed by atoms with Gasteiger partial charge in [-0.15, -0.1) is 11.8 Å². The zero-order valence-corrected chi connectivity index (χ0v) is 21.0. The minimum absolute atomic E-state index is 0.0307. The lowest BCUT2D eigenvalue weighted by atomic mass is 10.1. The van der Waals surface area contributed by atoms with Gasteiger partial charge in [0, 0.05) is 27.5 Å². The van der Waals surface area contributed by atoms with Gasteiger partial charge in [-0.05, 0) is 60.2 Å². The van der Waals surface area contributed by atoms with Crippen molar-refractivity contribution in [1.29, 1.82) is 0 Å². The number of hydrogen-bond donors (Lipinski definition) is 2. The van der Waals surface area contributed by atoms with Gasteiger partial charge in [-0.2, -0.15) is 0 Å². The molecule has 0 unspecified atom stereocenters. The van der Waals surface area contributed by atoms with Crippen molar-refractivity contribution in [2.45, 2.75) is 10.6 Å². The second-order valence-electron chi connectivity index (χ2n) is 7.88. The topological polar surface area (TPSA) is 58.2 Å². The molecule has 0 saturated carbocycles. The Bertz CT molecular complexity index is 1440. The molecule has 0 radical (unpaired) electrons. The standard InChI is InChI=1S/C29H21ClF2N2O2S/c30-24-13-7-15-26(32)23(24)17-27(34-28(35)19-8-2-1-3-9-19)29(36)33-21-11-6-12-22(16-21)37-18-20-10-4-5-14-25(20)31/h1-17H,18H2,(H,33,36)(H,34,35)/b27-17-. The molecule has 2 amide bonds. The highest BCUT2D eigenvalue weighted by Gasteiger charge is 2.17. The van der Waals surface area contributed by atoms with Crippen LogP contribution in [0.25, 0.3) is 6.08 Å². The molecular weight excluding hydrogens is 514 g/mol. The molecule has 2 N–H and O–H groups in total. The Morgan fingerprint density at radius 3 is 2.30 bits per heavy atom. The van der Waals surface area contributed by atoms with E-state index in [2.05, 4.69) is 10.6 Å². The fraction of sp³-hybridized carbons (Fsp3) is 0.0345. The highest BCUT2D eigenvalue weighted by molar-refractivity contribution is 7.98. The van der Waals surface area contributed by atoms with Gasteiger partial charge in [-0.1, -0.05) is 60.1 Å². The van der Waals surface area contributed by atoms with Crippen LogP contribution in [0.1, 0.15) is 21.5 Å². The van der Waals surface area contributed by atoms with Crippen LogP contribution in [-0.2, 0) is 10.5 Å². The fourth-order valence-corrected chi connectivity index (χ4v) is 4.53. The van der Waals surface area contributed by atoms with Gasteiger partial charge >= 0.3 is 0 Å². The number of thioether (sulfide) groups is 1. The highest BCUT2D eigenvalue weighted by Crippen LogP contribution is 2.27. The third-order valence-electron chi connectivity index (χ3n) is 5.26. The van der Waals surface area contributed by atoms with E-state index in [1.165, 1.54) is 42.1 Å². The second-order valence-corrected chi connectivity index (χ2v) is 9.33. The Morgan fingerprint density at radius 2 is 1.54 bits per heavy atom. The van der Waals surface area contributed by atoms with Crippen molar-refractivity contribution in [3.8, 4) is 0 Å². The average molecular weight is 535 g/mol. The van der Waals surface area contributed by atoms with Crippen molar-refractivity contribution in [2.75, 3.05) is 5.32 Å². The summed E-state index contributed by atoms with van der Waals surface area (Å²) in [5, 5.41) is 5.38. The molecule has 0 saturated heterocycles. The van der Waals surface area contributed by atoms with Crippen molar-refractivity contribution >= 4 is 46.9 Å². The number of carbonyl (C=O) groups excluding carboxylic acids is 2. The highest BCUT2D eigenvalue weighted by atomic mass is 35.5. The van der Waals surface area contributed by atoms with Crippen LogP contribution in [0, 0.1) is 11.6 Å². The molecule has 4 aromatic rings. The zero-order chi connectivity index (χ0) is 26.2. The van der Waals surface area contributed by atoms with Crippen molar-refractivity contribution in [3.05, 3.63) is 136 Å². The quantitative estimate of drug-likeness (QED) is 0.184. The second kappa shape index (κ2) is 12.3. The number of rotatable bonds is 8. The van der Waals surface area contributed by atoms with Crippen molar-refractivity contribution in [3.63, 3.8) is 0 Å². The molecule has 0 heterocycles. The number of benzene rings is 4. The number of halogens is 3. The maximum absolute atomic E-state index is 14.5. The molecule has 0 aliphatic carbocycles. The summed E-state index contributed by atoms with van der Waals surface area (Å²) in [6, 6.07) is 26.0. The van der Waals surface area contributed by atoms with Gasteiger partial charge in [0.05, 0.1) is 5.02 Å². The molecule has 4 aromatic carbocycles. The first-order chi connectivity index (χ1) is 17.9. The van der Waals surface area contributed by atoms with Crippen LogP contribution in [0.2, 0.25) is 5.02 Å². The normalized spacial score (nSPS) is 11.2. The minimum Gasteiger partial charge on any atom is -0.321 e. The molecule has 0 atom stereocenters. The summed E-state index contributed by atoms with van der Waals surface area (Å²) in [5.74, 6) is -1.72. The molecule has 0 spiro atoms. The van der Waals surface area contributed by atoms with Gasteiger partial charge in [-0.25, -0.2) is 8.78 Å². The van der Waals surface area contributed by atoms with Gasteiger partial charge in [0.25, 0.3) is 11.8 Å². The van der Waals surface area contributed by atoms with E-state index in [1.54, 1.807) is 66.7 Å². The van der Waals surface area contributed by atoms with Crippen molar-refractivity contribution in [2.24, 2.45) is 0 Å². The fourth-order valence-electron chi connectivity index (χ4n) is 3.37. The smallest absolute Gasteiger partial charge is 0.272 e. The van der Waals surface area contributed by atoms with Gasteiger partial charge in [0.1, 0.15) is 17.3 Å². The Balaban J connectivity index is 1.56. The number of hydrogen-bond acceptors (Lipinski definition) is 3. The Kier molecular flexibility index (Phi) is 8.72. The lowest BCUT2D eigenvalue weighted by molar-refractivity contribution is -0.113. The van der Waals surface area contributed by atoms with Crippen LogP contribution in [0.15, 0.2) is 108 Å². The van der Waals surface area contributed by atoms with Gasteiger partial charge < -0.3 is 10.6 Å². The SMILES string of the molecule is O=C(Nc1cccc(SCc2ccccc2F)c1)/C(=C/c1c(F)cccc1Cl)NC(=O)c1ccccc1. The van der Waals surface area contributed by atoms with Crippen LogP contribution < -0.4 is 10.6 Å². The first-order valence-corrected chi connectivity index (χ1v) is 12.6. The molecule has 0 fully saturated rings. The predicted octanol–water partition coefficient (Wildman–Crippen LogP) is 7.32. The third kappa shape index (κ3) is 7.06. The van der Waals surface area contributed by atoms with E-state index in [9.17, 15) is 18.4 Å². The van der Waals surface area contributed by atoms with E-state index < -0.39 is 17.6 Å². The maximum Gasteiger partial charge on any atom is 0.272 e. The Labute approximate surface area is 222 Å². The molecule has 186 valence electrons. The summed E-state index contributed by atoms with van der Waals surface area (Å²) in [4.78, 5) is 26.8. The minimum atomic E-state index is -0.667. The average Bonchev–Trinajstić information content (AvgIpc) is 2.90. The Hall–Kier alpha value is -3.94. The summed E-state index contributed by atoms with van der Waals surface area (Å²) < 4.78 is 28.4. The number of nitrogens with one attached hydrogen (secondary N) is 2. The summed E-state index contributed by atoms with van der Waals surface area (Å²) in [6.07, 6.45) is 1.20. The van der Waals surface area contributed by atoms with E-state index in [4.69, 9.17) is 11.6 Å². The van der Waals surface area contributed by atoms with E-state index in [0.717, 1.165) is 4.90 Å². The molecule has 0 aliphatic heterocycles. The van der Waals surface area contributed by atoms with Crippen molar-refractivity contribution in [1.82, 2.24) is 5.32 Å².